The van der Waals surface area contributed by atoms with E-state index in [4.69, 9.17) is 10.00 Å². The molecule has 1 aromatic carbocycles. The maximum atomic E-state index is 14.0. The molecule has 0 aliphatic carbocycles. The van der Waals surface area contributed by atoms with Crippen LogP contribution in [-0.4, -0.2) is 35.5 Å². The van der Waals surface area contributed by atoms with Crippen LogP contribution in [0.15, 0.2) is 24.4 Å². The molecule has 0 saturated heterocycles. The van der Waals surface area contributed by atoms with Crippen molar-refractivity contribution in [2.45, 2.75) is 19.5 Å². The third-order valence-corrected chi connectivity index (χ3v) is 4.48. The molecule has 3 rings (SSSR count). The first-order valence-electron chi connectivity index (χ1n) is 8.60. The molecule has 2 N–H and O–H groups in total. The van der Waals surface area contributed by atoms with Gasteiger partial charge in [-0.15, -0.1) is 0 Å². The van der Waals surface area contributed by atoms with Crippen LogP contribution in [0.3, 0.4) is 0 Å². The van der Waals surface area contributed by atoms with Crippen LogP contribution < -0.4 is 15.4 Å². The number of hydrogen-bond donors (Lipinski definition) is 2. The van der Waals surface area contributed by atoms with Crippen LogP contribution in [0.25, 0.3) is 0 Å². The molecule has 0 bridgehead atoms. The van der Waals surface area contributed by atoms with Gasteiger partial charge in [-0.2, -0.15) is 5.26 Å². The van der Waals surface area contributed by atoms with E-state index < -0.39 is 29.6 Å². The summed E-state index contributed by atoms with van der Waals surface area (Å²) in [7, 11) is 1.43. The number of anilines is 1. The smallest absolute Gasteiger partial charge is 0.322 e. The summed E-state index contributed by atoms with van der Waals surface area (Å²) in [5.41, 5.74) is 0.860. The fraction of sp³-hybridized carbons (Fsp3) is 0.263. The SMILES string of the molecule is COc1cc(C#N)ncc1[C@H](C)NC(=O)CN1Cc2c(ccc(F)c2F)NC1=O. The quantitative estimate of drug-likeness (QED) is 0.800. The summed E-state index contributed by atoms with van der Waals surface area (Å²) in [4.78, 5) is 29.6. The Morgan fingerprint density at radius 2 is 2.24 bits per heavy atom. The van der Waals surface area contributed by atoms with Crippen molar-refractivity contribution in [3.8, 4) is 11.8 Å². The molecule has 0 fully saturated rings. The molecular weight excluding hydrogens is 384 g/mol. The number of rotatable bonds is 5. The third-order valence-electron chi connectivity index (χ3n) is 4.48. The number of amides is 3. The molecule has 1 aliphatic heterocycles. The van der Waals surface area contributed by atoms with E-state index in [-0.39, 0.29) is 30.0 Å². The monoisotopic (exact) mass is 401 g/mol. The van der Waals surface area contributed by atoms with Gasteiger partial charge >= 0.3 is 6.03 Å². The Hall–Kier alpha value is -3.74. The molecule has 150 valence electrons. The summed E-state index contributed by atoms with van der Waals surface area (Å²) in [5, 5.41) is 14.0. The molecule has 1 aliphatic rings. The topological polar surface area (TPSA) is 107 Å². The molecule has 29 heavy (non-hydrogen) atoms. The Bertz CT molecular complexity index is 1020. The third kappa shape index (κ3) is 4.08. The standard InChI is InChI=1S/C19H17F2N5O3/c1-10(12-7-23-11(6-22)5-16(12)29-2)24-17(27)9-26-8-13-15(25-19(26)28)4-3-14(20)18(13)21/h3-5,7,10H,8-9H2,1-2H3,(H,24,27)(H,25,28)/t10-/m0/s1. The van der Waals surface area contributed by atoms with Crippen molar-refractivity contribution in [2.75, 3.05) is 19.0 Å². The lowest BCUT2D eigenvalue weighted by Crippen LogP contribution is -2.45. The summed E-state index contributed by atoms with van der Waals surface area (Å²) in [6, 6.07) is 4.42. The fourth-order valence-electron chi connectivity index (χ4n) is 3.00. The normalized spacial score (nSPS) is 13.8. The second kappa shape index (κ2) is 8.10. The van der Waals surface area contributed by atoms with Crippen molar-refractivity contribution < 1.29 is 23.1 Å². The van der Waals surface area contributed by atoms with E-state index in [0.717, 1.165) is 11.0 Å². The number of halogens is 2. The summed E-state index contributed by atoms with van der Waals surface area (Å²) in [6.45, 7) is 1.08. The van der Waals surface area contributed by atoms with Crippen molar-refractivity contribution in [3.05, 3.63) is 52.9 Å². The zero-order valence-corrected chi connectivity index (χ0v) is 15.6. The van der Waals surface area contributed by atoms with Gasteiger partial charge in [0.2, 0.25) is 5.91 Å². The number of ether oxygens (including phenoxy) is 1. The van der Waals surface area contributed by atoms with Crippen molar-refractivity contribution in [3.63, 3.8) is 0 Å². The lowest BCUT2D eigenvalue weighted by atomic mass is 10.1. The first-order chi connectivity index (χ1) is 13.8. The average molecular weight is 401 g/mol. The van der Waals surface area contributed by atoms with Crippen LogP contribution in [0, 0.1) is 23.0 Å². The predicted molar refractivity (Wildman–Crippen MR) is 97.8 cm³/mol. The highest BCUT2D eigenvalue weighted by Gasteiger charge is 2.28. The molecule has 2 aromatic rings. The lowest BCUT2D eigenvalue weighted by Gasteiger charge is -2.29. The van der Waals surface area contributed by atoms with Gasteiger partial charge in [0.05, 0.1) is 25.4 Å². The largest absolute Gasteiger partial charge is 0.496 e. The highest BCUT2D eigenvalue weighted by atomic mass is 19.2. The summed E-state index contributed by atoms with van der Waals surface area (Å²) in [5.74, 6) is -2.22. The fourth-order valence-corrected chi connectivity index (χ4v) is 3.00. The first kappa shape index (κ1) is 20.0. The molecule has 3 amide bonds. The first-order valence-corrected chi connectivity index (χ1v) is 8.60. The molecule has 10 heteroatoms. The summed E-state index contributed by atoms with van der Waals surface area (Å²) >= 11 is 0. The number of nitrogens with zero attached hydrogens (tertiary/aromatic N) is 3. The Morgan fingerprint density at radius 1 is 1.48 bits per heavy atom. The van der Waals surface area contributed by atoms with Gasteiger partial charge in [0.25, 0.3) is 0 Å². The maximum Gasteiger partial charge on any atom is 0.322 e. The summed E-state index contributed by atoms with van der Waals surface area (Å²) < 4.78 is 32.7. The second-order valence-corrected chi connectivity index (χ2v) is 6.39. The van der Waals surface area contributed by atoms with Gasteiger partial charge in [-0.3, -0.25) is 4.79 Å². The van der Waals surface area contributed by atoms with Gasteiger partial charge in [0.1, 0.15) is 24.1 Å². The number of hydrogen-bond acceptors (Lipinski definition) is 5. The minimum atomic E-state index is -1.06. The van der Waals surface area contributed by atoms with E-state index in [1.54, 1.807) is 6.92 Å². The second-order valence-electron chi connectivity index (χ2n) is 6.39. The van der Waals surface area contributed by atoms with Crippen LogP contribution in [0.4, 0.5) is 19.3 Å². The van der Waals surface area contributed by atoms with Gasteiger partial charge in [0, 0.05) is 23.4 Å². The molecule has 0 radical (unpaired) electrons. The van der Waals surface area contributed by atoms with Crippen molar-refractivity contribution in [1.82, 2.24) is 15.2 Å². The van der Waals surface area contributed by atoms with E-state index in [0.29, 0.717) is 11.3 Å². The molecule has 0 saturated carbocycles. The Kier molecular flexibility index (Phi) is 5.59. The van der Waals surface area contributed by atoms with E-state index in [1.807, 2.05) is 6.07 Å². The van der Waals surface area contributed by atoms with E-state index >= 15 is 0 Å². The van der Waals surface area contributed by atoms with Gasteiger partial charge in [-0.1, -0.05) is 0 Å². The van der Waals surface area contributed by atoms with E-state index in [2.05, 4.69) is 15.6 Å². The lowest BCUT2D eigenvalue weighted by molar-refractivity contribution is -0.122. The number of methoxy groups -OCH3 is 1. The molecule has 0 spiro atoms. The average Bonchev–Trinajstić information content (AvgIpc) is 2.71. The minimum Gasteiger partial charge on any atom is -0.496 e. The molecule has 0 unspecified atom stereocenters. The highest BCUT2D eigenvalue weighted by Crippen LogP contribution is 2.28. The highest BCUT2D eigenvalue weighted by molar-refractivity contribution is 5.95. The number of nitriles is 1. The zero-order chi connectivity index (χ0) is 21.1. The van der Waals surface area contributed by atoms with E-state index in [1.165, 1.54) is 25.4 Å². The van der Waals surface area contributed by atoms with Crippen LogP contribution in [0.2, 0.25) is 0 Å². The number of carbonyl (C=O) groups is 2. The van der Waals surface area contributed by atoms with Crippen molar-refractivity contribution in [2.24, 2.45) is 0 Å². The number of pyridine rings is 1. The Labute approximate surface area is 165 Å². The number of nitrogens with one attached hydrogen (secondary N) is 2. The van der Waals surface area contributed by atoms with E-state index in [9.17, 15) is 18.4 Å². The number of aromatic nitrogens is 1. The number of fused-ring (bicyclic) bond motifs is 1. The zero-order valence-electron chi connectivity index (χ0n) is 15.6. The molecular formula is C19H17F2N5O3. The summed E-state index contributed by atoms with van der Waals surface area (Å²) in [6.07, 6.45) is 1.42. The maximum absolute atomic E-state index is 14.0. The number of benzene rings is 1. The molecule has 2 heterocycles. The predicted octanol–water partition coefficient (Wildman–Crippen LogP) is 2.46. The number of carbonyl (C=O) groups excluding carboxylic acids is 2. The van der Waals surface area contributed by atoms with Gasteiger partial charge in [0.15, 0.2) is 11.6 Å². The molecule has 1 atom stereocenters. The number of urea groups is 1. The molecule has 1 aromatic heterocycles. The van der Waals surface area contributed by atoms with Crippen LogP contribution in [0.1, 0.15) is 29.8 Å². The Balaban J connectivity index is 1.70. The van der Waals surface area contributed by atoms with Crippen molar-refractivity contribution >= 4 is 17.6 Å². The minimum absolute atomic E-state index is 0.0246. The van der Waals surface area contributed by atoms with Gasteiger partial charge in [-0.05, 0) is 19.1 Å². The van der Waals surface area contributed by atoms with Crippen LogP contribution in [0.5, 0.6) is 5.75 Å². The Morgan fingerprint density at radius 3 is 2.93 bits per heavy atom. The molecule has 8 nitrogen and oxygen atoms in total. The van der Waals surface area contributed by atoms with Crippen molar-refractivity contribution in [1.29, 1.82) is 5.26 Å². The van der Waals surface area contributed by atoms with Crippen LogP contribution >= 0.6 is 0 Å². The van der Waals surface area contributed by atoms with Gasteiger partial charge in [-0.25, -0.2) is 18.6 Å². The van der Waals surface area contributed by atoms with Crippen LogP contribution in [-0.2, 0) is 11.3 Å². The van der Waals surface area contributed by atoms with Gasteiger partial charge < -0.3 is 20.3 Å².